The SMILES string of the molecule is O=c1nc2sc3cccnc3n2c2ccc(Br)cc12. The second kappa shape index (κ2) is 3.85. The second-order valence-corrected chi connectivity index (χ2v) is 6.05. The lowest BCUT2D eigenvalue weighted by Crippen LogP contribution is -2.09. The highest BCUT2D eigenvalue weighted by Gasteiger charge is 2.11. The van der Waals surface area contributed by atoms with Crippen LogP contribution in [0.5, 0.6) is 0 Å². The van der Waals surface area contributed by atoms with Gasteiger partial charge in [-0.25, -0.2) is 4.98 Å². The van der Waals surface area contributed by atoms with E-state index in [1.165, 1.54) is 11.3 Å². The van der Waals surface area contributed by atoms with Crippen LogP contribution in [0.1, 0.15) is 0 Å². The Morgan fingerprint density at radius 3 is 3.05 bits per heavy atom. The van der Waals surface area contributed by atoms with Gasteiger partial charge in [0.2, 0.25) is 0 Å². The molecule has 0 N–H and O–H groups in total. The molecule has 4 nitrogen and oxygen atoms in total. The number of hydrogen-bond acceptors (Lipinski definition) is 4. The van der Waals surface area contributed by atoms with Crippen LogP contribution in [0.4, 0.5) is 0 Å². The Labute approximate surface area is 119 Å². The molecule has 0 bridgehead atoms. The average molecular weight is 332 g/mol. The van der Waals surface area contributed by atoms with E-state index in [0.717, 1.165) is 20.3 Å². The first-order valence-corrected chi connectivity index (χ1v) is 7.20. The molecule has 0 aliphatic rings. The number of aromatic nitrogens is 3. The van der Waals surface area contributed by atoms with E-state index < -0.39 is 0 Å². The highest BCUT2D eigenvalue weighted by atomic mass is 79.9. The van der Waals surface area contributed by atoms with Crippen LogP contribution in [-0.4, -0.2) is 14.4 Å². The number of benzene rings is 1. The molecule has 0 amide bonds. The van der Waals surface area contributed by atoms with Crippen molar-refractivity contribution >= 4 is 53.5 Å². The first kappa shape index (κ1) is 11.1. The van der Waals surface area contributed by atoms with Gasteiger partial charge in [0.15, 0.2) is 10.6 Å². The van der Waals surface area contributed by atoms with Gasteiger partial charge in [-0.15, -0.1) is 0 Å². The molecule has 0 spiro atoms. The van der Waals surface area contributed by atoms with Gasteiger partial charge in [-0.3, -0.25) is 9.20 Å². The summed E-state index contributed by atoms with van der Waals surface area (Å²) in [4.78, 5) is 21.3. The van der Waals surface area contributed by atoms with E-state index in [1.54, 1.807) is 12.3 Å². The van der Waals surface area contributed by atoms with Gasteiger partial charge in [-0.1, -0.05) is 27.3 Å². The highest BCUT2D eigenvalue weighted by Crippen LogP contribution is 2.26. The Morgan fingerprint density at radius 2 is 2.16 bits per heavy atom. The van der Waals surface area contributed by atoms with Crippen molar-refractivity contribution in [3.8, 4) is 0 Å². The van der Waals surface area contributed by atoms with Gasteiger partial charge in [-0.2, -0.15) is 4.98 Å². The lowest BCUT2D eigenvalue weighted by molar-refractivity contribution is 1.18. The number of hydrogen-bond donors (Lipinski definition) is 0. The van der Waals surface area contributed by atoms with Crippen LogP contribution in [0, 0.1) is 0 Å². The van der Waals surface area contributed by atoms with Crippen LogP contribution in [0.2, 0.25) is 0 Å². The Bertz CT molecular complexity index is 1010. The average Bonchev–Trinajstić information content (AvgIpc) is 2.77. The molecular weight excluding hydrogens is 326 g/mol. The molecule has 4 rings (SSSR count). The van der Waals surface area contributed by atoms with E-state index in [-0.39, 0.29) is 5.56 Å². The largest absolute Gasteiger partial charge is 0.281 e. The monoisotopic (exact) mass is 331 g/mol. The van der Waals surface area contributed by atoms with Crippen molar-refractivity contribution in [2.75, 3.05) is 0 Å². The highest BCUT2D eigenvalue weighted by molar-refractivity contribution is 9.10. The molecular formula is C13H6BrN3OS. The maximum atomic E-state index is 12.1. The molecule has 92 valence electrons. The summed E-state index contributed by atoms with van der Waals surface area (Å²) in [7, 11) is 0. The predicted octanol–water partition coefficient (Wildman–Crippen LogP) is 3.22. The van der Waals surface area contributed by atoms with Gasteiger partial charge in [0, 0.05) is 10.7 Å². The molecule has 0 unspecified atom stereocenters. The van der Waals surface area contributed by atoms with Crippen LogP contribution < -0.4 is 5.56 Å². The fourth-order valence-electron chi connectivity index (χ4n) is 2.18. The fraction of sp³-hybridized carbons (Fsp3) is 0. The molecule has 0 aliphatic heterocycles. The van der Waals surface area contributed by atoms with Crippen molar-refractivity contribution in [2.24, 2.45) is 0 Å². The summed E-state index contributed by atoms with van der Waals surface area (Å²) in [5.41, 5.74) is 1.47. The molecule has 0 saturated heterocycles. The number of halogens is 1. The molecule has 4 aromatic rings. The van der Waals surface area contributed by atoms with Crippen molar-refractivity contribution in [1.29, 1.82) is 0 Å². The zero-order valence-corrected chi connectivity index (χ0v) is 11.9. The van der Waals surface area contributed by atoms with Gasteiger partial charge in [-0.05, 0) is 30.3 Å². The van der Waals surface area contributed by atoms with Crippen molar-refractivity contribution < 1.29 is 0 Å². The number of nitrogens with zero attached hydrogens (tertiary/aromatic N) is 3. The van der Waals surface area contributed by atoms with E-state index in [4.69, 9.17) is 0 Å². The summed E-state index contributed by atoms with van der Waals surface area (Å²) < 4.78 is 3.82. The Morgan fingerprint density at radius 1 is 1.26 bits per heavy atom. The third-order valence-corrected chi connectivity index (χ3v) is 4.47. The number of rotatable bonds is 0. The molecule has 0 fully saturated rings. The predicted molar refractivity (Wildman–Crippen MR) is 79.8 cm³/mol. The van der Waals surface area contributed by atoms with E-state index in [2.05, 4.69) is 25.9 Å². The molecule has 0 aliphatic carbocycles. The van der Waals surface area contributed by atoms with Crippen LogP contribution in [-0.2, 0) is 0 Å². The van der Waals surface area contributed by atoms with Crippen molar-refractivity contribution in [2.45, 2.75) is 0 Å². The maximum absolute atomic E-state index is 12.1. The molecule has 1 aromatic carbocycles. The smallest absolute Gasteiger partial charge is 0.268 e. The van der Waals surface area contributed by atoms with E-state index in [9.17, 15) is 4.79 Å². The number of pyridine rings is 1. The molecule has 0 radical (unpaired) electrons. The fourth-order valence-corrected chi connectivity index (χ4v) is 3.52. The Kier molecular flexibility index (Phi) is 2.24. The summed E-state index contributed by atoms with van der Waals surface area (Å²) in [6.45, 7) is 0. The minimum Gasteiger partial charge on any atom is -0.268 e. The van der Waals surface area contributed by atoms with Crippen molar-refractivity contribution in [3.05, 3.63) is 51.4 Å². The third-order valence-electron chi connectivity index (χ3n) is 2.98. The van der Waals surface area contributed by atoms with Gasteiger partial charge in [0.25, 0.3) is 5.56 Å². The summed E-state index contributed by atoms with van der Waals surface area (Å²) in [6.07, 6.45) is 1.75. The second-order valence-electron chi connectivity index (χ2n) is 4.12. The van der Waals surface area contributed by atoms with Gasteiger partial charge < -0.3 is 0 Å². The molecule has 19 heavy (non-hydrogen) atoms. The lowest BCUT2D eigenvalue weighted by Gasteiger charge is -2.01. The Hall–Kier alpha value is -1.79. The van der Waals surface area contributed by atoms with Gasteiger partial charge in [0.05, 0.1) is 15.6 Å². The minimum atomic E-state index is -0.206. The molecule has 0 saturated carbocycles. The zero-order chi connectivity index (χ0) is 13.0. The normalized spacial score (nSPS) is 11.6. The maximum Gasteiger partial charge on any atom is 0.281 e. The summed E-state index contributed by atoms with van der Waals surface area (Å²) in [5.74, 6) is 0. The Balaban J connectivity index is 2.39. The van der Waals surface area contributed by atoms with Crippen molar-refractivity contribution in [1.82, 2.24) is 14.4 Å². The van der Waals surface area contributed by atoms with Crippen molar-refractivity contribution in [3.63, 3.8) is 0 Å². The number of thiazole rings is 1. The summed E-state index contributed by atoms with van der Waals surface area (Å²) in [6, 6.07) is 9.49. The molecule has 3 heterocycles. The van der Waals surface area contributed by atoms with Crippen LogP contribution >= 0.6 is 27.3 Å². The van der Waals surface area contributed by atoms with E-state index in [1.807, 2.05) is 28.7 Å². The first-order chi connectivity index (χ1) is 9.24. The van der Waals surface area contributed by atoms with Crippen LogP contribution in [0.3, 0.4) is 0 Å². The number of fused-ring (bicyclic) bond motifs is 5. The third kappa shape index (κ3) is 1.53. The van der Waals surface area contributed by atoms with E-state index >= 15 is 0 Å². The summed E-state index contributed by atoms with van der Waals surface area (Å²) in [5, 5.41) is 0.595. The zero-order valence-electron chi connectivity index (χ0n) is 9.50. The van der Waals surface area contributed by atoms with Gasteiger partial charge in [0.1, 0.15) is 0 Å². The van der Waals surface area contributed by atoms with Crippen LogP contribution in [0.15, 0.2) is 45.8 Å². The standard InChI is InChI=1S/C13H6BrN3OS/c14-7-3-4-9-8(6-7)12(18)16-13-17(9)11-10(19-13)2-1-5-15-11/h1-6H. The quantitative estimate of drug-likeness (QED) is 0.497. The van der Waals surface area contributed by atoms with E-state index in [0.29, 0.717) is 10.3 Å². The topological polar surface area (TPSA) is 47.3 Å². The van der Waals surface area contributed by atoms with Gasteiger partial charge >= 0.3 is 0 Å². The molecule has 6 heteroatoms. The van der Waals surface area contributed by atoms with Crippen LogP contribution in [0.25, 0.3) is 26.2 Å². The summed E-state index contributed by atoms with van der Waals surface area (Å²) >= 11 is 4.85. The molecule has 0 atom stereocenters. The lowest BCUT2D eigenvalue weighted by atomic mass is 10.2. The first-order valence-electron chi connectivity index (χ1n) is 5.59. The molecule has 3 aromatic heterocycles. The minimum absolute atomic E-state index is 0.206.